The van der Waals surface area contributed by atoms with Crippen molar-refractivity contribution in [3.63, 3.8) is 0 Å². The van der Waals surface area contributed by atoms with E-state index in [1.54, 1.807) is 0 Å². The number of ether oxygens (including phenoxy) is 1. The molecule has 0 heterocycles. The van der Waals surface area contributed by atoms with E-state index in [2.05, 4.69) is 0 Å². The number of sulfonamides is 1. The molecule has 7 heteroatoms. The second-order valence-electron chi connectivity index (χ2n) is 2.75. The summed E-state index contributed by atoms with van der Waals surface area (Å²) in [6, 6.07) is 3.33. The van der Waals surface area contributed by atoms with Gasteiger partial charge in [0.15, 0.2) is 0 Å². The third kappa shape index (κ3) is 2.67. The summed E-state index contributed by atoms with van der Waals surface area (Å²) >= 11 is 0. The van der Waals surface area contributed by atoms with E-state index < -0.39 is 16.0 Å². The van der Waals surface area contributed by atoms with Gasteiger partial charge < -0.3 is 9.84 Å². The Morgan fingerprint density at radius 1 is 1.40 bits per heavy atom. The molecule has 0 fully saturated rings. The molecule has 6 nitrogen and oxygen atoms in total. The summed E-state index contributed by atoms with van der Waals surface area (Å²) in [5.41, 5.74) is -0.196. The lowest BCUT2D eigenvalue weighted by molar-refractivity contribution is 0.0696. The Bertz CT molecular complexity index is 494. The second-order valence-corrected chi connectivity index (χ2v) is 4.31. The third-order valence-electron chi connectivity index (χ3n) is 1.69. The van der Waals surface area contributed by atoms with Gasteiger partial charge >= 0.3 is 5.97 Å². The van der Waals surface area contributed by atoms with Crippen LogP contribution in [0.25, 0.3) is 0 Å². The van der Waals surface area contributed by atoms with Crippen LogP contribution in [0.1, 0.15) is 10.4 Å². The van der Waals surface area contributed by atoms with Crippen molar-refractivity contribution >= 4 is 16.0 Å². The molecule has 0 aliphatic heterocycles. The molecule has 0 radical (unpaired) electrons. The first-order valence-electron chi connectivity index (χ1n) is 3.80. The highest BCUT2D eigenvalue weighted by atomic mass is 32.2. The quantitative estimate of drug-likeness (QED) is 0.763. The van der Waals surface area contributed by atoms with E-state index in [9.17, 15) is 13.2 Å². The summed E-state index contributed by atoms with van der Waals surface area (Å²) in [5, 5.41) is 13.6. The fraction of sp³-hybridized carbons (Fsp3) is 0.125. The van der Waals surface area contributed by atoms with E-state index in [0.717, 1.165) is 12.1 Å². The van der Waals surface area contributed by atoms with Gasteiger partial charge in [0.1, 0.15) is 5.75 Å². The highest BCUT2D eigenvalue weighted by Crippen LogP contribution is 2.19. The number of primary sulfonamides is 1. The maximum absolute atomic E-state index is 11.0. The number of rotatable bonds is 3. The van der Waals surface area contributed by atoms with Crippen molar-refractivity contribution in [2.45, 2.75) is 4.90 Å². The van der Waals surface area contributed by atoms with Crippen LogP contribution in [0.15, 0.2) is 23.1 Å². The van der Waals surface area contributed by atoms with Gasteiger partial charge in [-0.3, -0.25) is 0 Å². The first kappa shape index (κ1) is 11.5. The molecule has 15 heavy (non-hydrogen) atoms. The molecular formula is C8H9NO5S. The number of hydrogen-bond acceptors (Lipinski definition) is 4. The number of carboxylic acid groups (broad SMARTS) is 1. The molecule has 0 aliphatic rings. The van der Waals surface area contributed by atoms with E-state index in [4.69, 9.17) is 15.0 Å². The summed E-state index contributed by atoms with van der Waals surface area (Å²) in [5.74, 6) is -1.13. The number of hydrogen-bond donors (Lipinski definition) is 2. The van der Waals surface area contributed by atoms with E-state index in [1.807, 2.05) is 0 Å². The van der Waals surface area contributed by atoms with Crippen LogP contribution in [0.3, 0.4) is 0 Å². The highest BCUT2D eigenvalue weighted by molar-refractivity contribution is 7.89. The first-order valence-corrected chi connectivity index (χ1v) is 5.34. The van der Waals surface area contributed by atoms with Crippen LogP contribution in [0, 0.1) is 0 Å². The Hall–Kier alpha value is -1.60. The van der Waals surface area contributed by atoms with Gasteiger partial charge in [-0.15, -0.1) is 0 Å². The number of aromatic carboxylic acids is 1. The van der Waals surface area contributed by atoms with Crippen LogP contribution in [0.5, 0.6) is 5.75 Å². The van der Waals surface area contributed by atoms with Crippen molar-refractivity contribution in [3.8, 4) is 5.75 Å². The molecule has 0 amide bonds. The molecule has 0 unspecified atom stereocenters. The van der Waals surface area contributed by atoms with Crippen LogP contribution in [0.4, 0.5) is 0 Å². The maximum Gasteiger partial charge on any atom is 0.335 e. The molecule has 0 atom stereocenters. The average molecular weight is 231 g/mol. The molecule has 0 aliphatic carbocycles. The third-order valence-corrected chi connectivity index (χ3v) is 2.58. The van der Waals surface area contributed by atoms with Crippen LogP contribution in [-0.2, 0) is 10.0 Å². The van der Waals surface area contributed by atoms with Crippen LogP contribution < -0.4 is 9.88 Å². The Kier molecular flexibility index (Phi) is 2.96. The standard InChI is InChI=1S/C8H9NO5S/c1-14-6-2-5(8(10)11)3-7(4-6)15(9,12)13/h2-4H,1H3,(H,10,11)(H2,9,12,13). The van der Waals surface area contributed by atoms with Crippen LogP contribution in [0.2, 0.25) is 0 Å². The lowest BCUT2D eigenvalue weighted by atomic mass is 10.2. The fourth-order valence-corrected chi connectivity index (χ4v) is 1.55. The number of carbonyl (C=O) groups is 1. The summed E-state index contributed by atoms with van der Waals surface area (Å²) in [6.07, 6.45) is 0. The summed E-state index contributed by atoms with van der Waals surface area (Å²) in [6.45, 7) is 0. The van der Waals surface area contributed by atoms with Crippen molar-refractivity contribution in [2.75, 3.05) is 7.11 Å². The maximum atomic E-state index is 11.0. The predicted octanol–water partition coefficient (Wildman–Crippen LogP) is 0.0408. The number of methoxy groups -OCH3 is 1. The Balaban J connectivity index is 3.43. The molecule has 0 spiro atoms. The average Bonchev–Trinajstić information content (AvgIpc) is 2.15. The van der Waals surface area contributed by atoms with E-state index >= 15 is 0 Å². The minimum atomic E-state index is -3.93. The van der Waals surface area contributed by atoms with Gasteiger partial charge in [-0.2, -0.15) is 0 Å². The van der Waals surface area contributed by atoms with Gasteiger partial charge in [-0.05, 0) is 12.1 Å². The van der Waals surface area contributed by atoms with Crippen molar-refractivity contribution in [1.82, 2.24) is 0 Å². The second kappa shape index (κ2) is 3.87. The highest BCUT2D eigenvalue weighted by Gasteiger charge is 2.14. The molecule has 82 valence electrons. The van der Waals surface area contributed by atoms with Crippen molar-refractivity contribution in [3.05, 3.63) is 23.8 Å². The molecule has 0 saturated carbocycles. The summed E-state index contributed by atoms with van der Waals surface area (Å²) < 4.78 is 26.8. The SMILES string of the molecule is COc1cc(C(=O)O)cc(S(N)(=O)=O)c1. The topological polar surface area (TPSA) is 107 Å². The van der Waals surface area contributed by atoms with Gasteiger partial charge in [-0.25, -0.2) is 18.4 Å². The number of carboxylic acids is 1. The molecule has 1 rings (SSSR count). The summed E-state index contributed by atoms with van der Waals surface area (Å²) in [7, 11) is -2.64. The zero-order chi connectivity index (χ0) is 11.6. The minimum Gasteiger partial charge on any atom is -0.497 e. The predicted molar refractivity (Wildman–Crippen MR) is 51.3 cm³/mol. The number of nitrogens with two attached hydrogens (primary N) is 1. The zero-order valence-electron chi connectivity index (χ0n) is 7.80. The monoisotopic (exact) mass is 231 g/mol. The molecule has 1 aromatic carbocycles. The largest absolute Gasteiger partial charge is 0.497 e. The summed E-state index contributed by atoms with van der Waals surface area (Å²) in [4.78, 5) is 10.4. The lowest BCUT2D eigenvalue weighted by Crippen LogP contribution is -2.13. The molecule has 1 aromatic rings. The molecular weight excluding hydrogens is 222 g/mol. The lowest BCUT2D eigenvalue weighted by Gasteiger charge is -2.04. The minimum absolute atomic E-state index is 0.124. The molecule has 0 aromatic heterocycles. The molecule has 0 bridgehead atoms. The molecule has 0 saturated heterocycles. The zero-order valence-corrected chi connectivity index (χ0v) is 8.61. The first-order chi connectivity index (χ1) is 6.84. The van der Waals surface area contributed by atoms with Crippen LogP contribution in [-0.4, -0.2) is 26.6 Å². The Morgan fingerprint density at radius 2 is 2.00 bits per heavy atom. The van der Waals surface area contributed by atoms with E-state index in [0.29, 0.717) is 0 Å². The van der Waals surface area contributed by atoms with Gasteiger partial charge in [-0.1, -0.05) is 0 Å². The van der Waals surface area contributed by atoms with Gasteiger partial charge in [0.25, 0.3) is 0 Å². The Labute approximate surface area is 86.3 Å². The Morgan fingerprint density at radius 3 is 2.40 bits per heavy atom. The van der Waals surface area contributed by atoms with Gasteiger partial charge in [0, 0.05) is 6.07 Å². The van der Waals surface area contributed by atoms with E-state index in [-0.39, 0.29) is 16.2 Å². The van der Waals surface area contributed by atoms with Crippen molar-refractivity contribution < 1.29 is 23.1 Å². The molecule has 3 N–H and O–H groups in total. The van der Waals surface area contributed by atoms with Crippen molar-refractivity contribution in [1.29, 1.82) is 0 Å². The van der Waals surface area contributed by atoms with Gasteiger partial charge in [0.2, 0.25) is 10.0 Å². The fourth-order valence-electron chi connectivity index (χ4n) is 0.977. The van der Waals surface area contributed by atoms with Gasteiger partial charge in [0.05, 0.1) is 17.6 Å². The smallest absolute Gasteiger partial charge is 0.335 e. The normalized spacial score (nSPS) is 11.1. The van der Waals surface area contributed by atoms with E-state index in [1.165, 1.54) is 13.2 Å². The van der Waals surface area contributed by atoms with Crippen LogP contribution >= 0.6 is 0 Å². The van der Waals surface area contributed by atoms with Crippen molar-refractivity contribution in [2.24, 2.45) is 5.14 Å². The number of benzene rings is 1.